The smallest absolute Gasteiger partial charge is 0.166 e. The second-order valence-electron chi connectivity index (χ2n) is 3.77. The summed E-state index contributed by atoms with van der Waals surface area (Å²) in [7, 11) is 0. The SMILES string of the molecule is FC(F)(F)c1ccc(/C=C/c2[c]cccc2)cc1. The van der Waals surface area contributed by atoms with E-state index in [1.54, 1.807) is 12.1 Å². The molecule has 18 heavy (non-hydrogen) atoms. The van der Waals surface area contributed by atoms with Crippen molar-refractivity contribution in [2.75, 3.05) is 0 Å². The lowest BCUT2D eigenvalue weighted by molar-refractivity contribution is -0.137. The molecule has 0 aliphatic heterocycles. The van der Waals surface area contributed by atoms with E-state index >= 15 is 0 Å². The number of hydrogen-bond acceptors (Lipinski definition) is 0. The Morgan fingerprint density at radius 2 is 1.61 bits per heavy atom. The third kappa shape index (κ3) is 3.23. The van der Waals surface area contributed by atoms with E-state index in [4.69, 9.17) is 0 Å². The molecule has 0 nitrogen and oxygen atoms in total. The normalized spacial score (nSPS) is 11.9. The molecule has 0 N–H and O–H groups in total. The van der Waals surface area contributed by atoms with Crippen LogP contribution >= 0.6 is 0 Å². The van der Waals surface area contributed by atoms with Gasteiger partial charge in [-0.25, -0.2) is 0 Å². The van der Waals surface area contributed by atoms with Crippen molar-refractivity contribution in [2.24, 2.45) is 0 Å². The largest absolute Gasteiger partial charge is 0.416 e. The van der Waals surface area contributed by atoms with E-state index in [0.717, 1.165) is 23.3 Å². The molecule has 0 unspecified atom stereocenters. The monoisotopic (exact) mass is 247 g/mol. The molecular formula is C15H10F3. The van der Waals surface area contributed by atoms with Gasteiger partial charge in [0.1, 0.15) is 0 Å². The molecule has 0 aliphatic carbocycles. The molecule has 0 saturated heterocycles. The molecule has 0 heterocycles. The molecule has 0 aliphatic rings. The summed E-state index contributed by atoms with van der Waals surface area (Å²) in [5.41, 5.74) is 0.976. The van der Waals surface area contributed by atoms with Crippen molar-refractivity contribution in [3.63, 3.8) is 0 Å². The minimum absolute atomic E-state index is 0.633. The fourth-order valence-electron chi connectivity index (χ4n) is 1.48. The molecule has 0 atom stereocenters. The first-order chi connectivity index (χ1) is 8.55. The van der Waals surface area contributed by atoms with Gasteiger partial charge in [-0.05, 0) is 29.3 Å². The van der Waals surface area contributed by atoms with Crippen LogP contribution < -0.4 is 0 Å². The fourth-order valence-corrected chi connectivity index (χ4v) is 1.48. The average Bonchev–Trinajstić information content (AvgIpc) is 2.37. The van der Waals surface area contributed by atoms with Crippen LogP contribution in [0.1, 0.15) is 16.7 Å². The number of halogens is 3. The van der Waals surface area contributed by atoms with Crippen LogP contribution in [0.3, 0.4) is 0 Å². The molecule has 0 bridgehead atoms. The second kappa shape index (κ2) is 5.08. The molecule has 91 valence electrons. The highest BCUT2D eigenvalue weighted by molar-refractivity contribution is 5.69. The number of benzene rings is 2. The summed E-state index contributed by atoms with van der Waals surface area (Å²) >= 11 is 0. The van der Waals surface area contributed by atoms with Crippen LogP contribution in [0, 0.1) is 6.07 Å². The highest BCUT2D eigenvalue weighted by Gasteiger charge is 2.29. The van der Waals surface area contributed by atoms with Gasteiger partial charge in [0.25, 0.3) is 0 Å². The van der Waals surface area contributed by atoms with E-state index in [1.807, 2.05) is 24.3 Å². The van der Waals surface area contributed by atoms with E-state index in [-0.39, 0.29) is 0 Å². The summed E-state index contributed by atoms with van der Waals surface area (Å²) in [4.78, 5) is 0. The van der Waals surface area contributed by atoms with Gasteiger partial charge in [-0.1, -0.05) is 48.6 Å². The third-order valence-electron chi connectivity index (χ3n) is 2.43. The van der Waals surface area contributed by atoms with Crippen molar-refractivity contribution in [1.29, 1.82) is 0 Å². The lowest BCUT2D eigenvalue weighted by Crippen LogP contribution is -2.03. The Morgan fingerprint density at radius 1 is 0.889 bits per heavy atom. The Kier molecular flexibility index (Phi) is 3.51. The van der Waals surface area contributed by atoms with Gasteiger partial charge in [-0.2, -0.15) is 13.2 Å². The van der Waals surface area contributed by atoms with Crippen molar-refractivity contribution < 1.29 is 13.2 Å². The van der Waals surface area contributed by atoms with Crippen molar-refractivity contribution in [1.82, 2.24) is 0 Å². The first-order valence-electron chi connectivity index (χ1n) is 5.38. The van der Waals surface area contributed by atoms with E-state index in [1.165, 1.54) is 12.1 Å². The summed E-state index contributed by atoms with van der Waals surface area (Å²) in [6.07, 6.45) is -0.718. The van der Waals surface area contributed by atoms with Crippen molar-refractivity contribution in [3.8, 4) is 0 Å². The van der Waals surface area contributed by atoms with Crippen molar-refractivity contribution in [3.05, 3.63) is 71.3 Å². The molecule has 0 aromatic heterocycles. The van der Waals surface area contributed by atoms with E-state index in [2.05, 4.69) is 6.07 Å². The topological polar surface area (TPSA) is 0 Å². The molecule has 2 aromatic rings. The fraction of sp³-hybridized carbons (Fsp3) is 0.0667. The highest BCUT2D eigenvalue weighted by atomic mass is 19.4. The quantitative estimate of drug-likeness (QED) is 0.676. The lowest BCUT2D eigenvalue weighted by Gasteiger charge is -2.05. The second-order valence-corrected chi connectivity index (χ2v) is 3.77. The number of hydrogen-bond donors (Lipinski definition) is 0. The molecule has 0 amide bonds. The van der Waals surface area contributed by atoms with Gasteiger partial charge in [0.05, 0.1) is 5.56 Å². The van der Waals surface area contributed by atoms with Gasteiger partial charge >= 0.3 is 6.18 Å². The zero-order valence-electron chi connectivity index (χ0n) is 9.41. The lowest BCUT2D eigenvalue weighted by atomic mass is 10.1. The van der Waals surface area contributed by atoms with Crippen LogP contribution in [0.15, 0.2) is 48.5 Å². The standard InChI is InChI=1S/C15H10F3/c16-15(17,18)14-10-8-13(9-11-14)7-6-12-4-2-1-3-5-12/h1-4,6-11H/b7-6+. The molecular weight excluding hydrogens is 237 g/mol. The van der Waals surface area contributed by atoms with Gasteiger partial charge < -0.3 is 0 Å². The Hall–Kier alpha value is -2.03. The molecule has 2 rings (SSSR count). The first kappa shape index (κ1) is 12.4. The van der Waals surface area contributed by atoms with Crippen LogP contribution in [0.25, 0.3) is 12.2 Å². The molecule has 0 spiro atoms. The predicted molar refractivity (Wildman–Crippen MR) is 65.7 cm³/mol. The van der Waals surface area contributed by atoms with Crippen LogP contribution in [-0.4, -0.2) is 0 Å². The van der Waals surface area contributed by atoms with Gasteiger partial charge in [0, 0.05) is 0 Å². The van der Waals surface area contributed by atoms with Gasteiger partial charge in [0.15, 0.2) is 0 Å². The van der Waals surface area contributed by atoms with Crippen LogP contribution in [-0.2, 0) is 6.18 Å². The molecule has 3 heteroatoms. The third-order valence-corrected chi connectivity index (χ3v) is 2.43. The summed E-state index contributed by atoms with van der Waals surface area (Å²) in [6, 6.07) is 15.5. The predicted octanol–water partition coefficient (Wildman–Crippen LogP) is 4.68. The van der Waals surface area contributed by atoms with Crippen molar-refractivity contribution >= 4 is 12.2 Å². The van der Waals surface area contributed by atoms with Gasteiger partial charge in [-0.15, -0.1) is 0 Å². The summed E-state index contributed by atoms with van der Waals surface area (Å²) in [6.45, 7) is 0. The Morgan fingerprint density at radius 3 is 2.17 bits per heavy atom. The maximum Gasteiger partial charge on any atom is 0.416 e. The summed E-state index contributed by atoms with van der Waals surface area (Å²) < 4.78 is 37.0. The van der Waals surface area contributed by atoms with Gasteiger partial charge in [-0.3, -0.25) is 0 Å². The zero-order valence-corrected chi connectivity index (χ0v) is 9.41. The maximum absolute atomic E-state index is 12.3. The van der Waals surface area contributed by atoms with Gasteiger partial charge in [0.2, 0.25) is 0 Å². The Labute approximate surface area is 103 Å². The highest BCUT2D eigenvalue weighted by Crippen LogP contribution is 2.29. The Bertz CT molecular complexity index is 522. The van der Waals surface area contributed by atoms with E-state index in [9.17, 15) is 13.2 Å². The van der Waals surface area contributed by atoms with Crippen molar-refractivity contribution in [2.45, 2.75) is 6.18 Å². The summed E-state index contributed by atoms with van der Waals surface area (Å²) in [5, 5.41) is 0. The minimum atomic E-state index is -4.28. The number of alkyl halides is 3. The molecule has 2 aromatic carbocycles. The molecule has 1 radical (unpaired) electrons. The van der Waals surface area contributed by atoms with Crippen LogP contribution in [0.5, 0.6) is 0 Å². The minimum Gasteiger partial charge on any atom is -0.166 e. The average molecular weight is 247 g/mol. The Balaban J connectivity index is 2.14. The summed E-state index contributed by atoms with van der Waals surface area (Å²) in [5.74, 6) is 0. The van der Waals surface area contributed by atoms with Crippen LogP contribution in [0.2, 0.25) is 0 Å². The van der Waals surface area contributed by atoms with E-state index < -0.39 is 11.7 Å². The first-order valence-corrected chi connectivity index (χ1v) is 5.38. The molecule has 0 saturated carbocycles. The maximum atomic E-state index is 12.3. The van der Waals surface area contributed by atoms with E-state index in [0.29, 0.717) is 0 Å². The number of rotatable bonds is 2. The molecule has 0 fully saturated rings. The zero-order chi connectivity index (χ0) is 13.0. The van der Waals surface area contributed by atoms with Crippen LogP contribution in [0.4, 0.5) is 13.2 Å².